The van der Waals surface area contributed by atoms with E-state index in [1.807, 2.05) is 40.9 Å². The Balaban J connectivity index is 1.76. The molecule has 0 atom stereocenters. The Morgan fingerprint density at radius 1 is 1.16 bits per heavy atom. The third kappa shape index (κ3) is 2.08. The van der Waals surface area contributed by atoms with Gasteiger partial charge in [-0.3, -0.25) is 4.40 Å². The maximum Gasteiger partial charge on any atom is 0.345 e. The molecule has 0 bridgehead atoms. The number of fused-ring (bicyclic) bond motifs is 4. The van der Waals surface area contributed by atoms with Gasteiger partial charge in [0.2, 0.25) is 0 Å². The van der Waals surface area contributed by atoms with Gasteiger partial charge in [-0.25, -0.2) is 9.78 Å². The highest BCUT2D eigenvalue weighted by Gasteiger charge is 2.15. The van der Waals surface area contributed by atoms with E-state index in [2.05, 4.69) is 11.1 Å². The highest BCUT2D eigenvalue weighted by molar-refractivity contribution is 7.23. The van der Waals surface area contributed by atoms with Crippen molar-refractivity contribution in [2.75, 3.05) is 7.11 Å². The van der Waals surface area contributed by atoms with Gasteiger partial charge in [-0.1, -0.05) is 35.6 Å². The van der Waals surface area contributed by atoms with Crippen LogP contribution in [0.4, 0.5) is 0 Å². The molecule has 0 unspecified atom stereocenters. The van der Waals surface area contributed by atoms with Gasteiger partial charge in [0.1, 0.15) is 0 Å². The van der Waals surface area contributed by atoms with E-state index in [9.17, 15) is 4.79 Å². The summed E-state index contributed by atoms with van der Waals surface area (Å²) in [5.41, 5.74) is 2.15. The van der Waals surface area contributed by atoms with E-state index in [1.54, 1.807) is 30.6 Å². The zero-order valence-electron chi connectivity index (χ0n) is 13.2. The minimum absolute atomic E-state index is 0.424. The summed E-state index contributed by atoms with van der Waals surface area (Å²) in [6.07, 6.45) is 1.88. The molecule has 0 fully saturated rings. The second kappa shape index (κ2) is 5.19. The molecule has 122 valence electrons. The molecule has 25 heavy (non-hydrogen) atoms. The van der Waals surface area contributed by atoms with Gasteiger partial charge in [-0.15, -0.1) is 0 Å². The normalized spacial score (nSPS) is 11.6. The van der Waals surface area contributed by atoms with Crippen molar-refractivity contribution in [2.24, 2.45) is 0 Å². The minimum atomic E-state index is -0.424. The second-order valence-electron chi connectivity index (χ2n) is 5.67. The zero-order valence-corrected chi connectivity index (χ0v) is 14.0. The zero-order chi connectivity index (χ0) is 17.0. The van der Waals surface area contributed by atoms with Gasteiger partial charge in [-0.2, -0.15) is 0 Å². The monoisotopic (exact) mass is 348 g/mol. The lowest BCUT2D eigenvalue weighted by molar-refractivity contribution is 0.407. The average molecular weight is 348 g/mol. The highest BCUT2D eigenvalue weighted by Crippen LogP contribution is 2.30. The fourth-order valence-corrected chi connectivity index (χ4v) is 4.04. The van der Waals surface area contributed by atoms with E-state index in [0.29, 0.717) is 22.6 Å². The summed E-state index contributed by atoms with van der Waals surface area (Å²) in [5.74, 6) is 0.540. The molecule has 0 aliphatic rings. The number of para-hydroxylation sites is 2. The first-order chi connectivity index (χ1) is 12.2. The molecule has 0 aliphatic carbocycles. The topological polar surface area (TPSA) is 56.7 Å². The highest BCUT2D eigenvalue weighted by atomic mass is 32.1. The van der Waals surface area contributed by atoms with Crippen LogP contribution < -0.4 is 10.4 Å². The maximum atomic E-state index is 12.5. The standard InChI is InChI=1S/C19H12N2O3S/c1-23-15-7-4-5-11-9-12(18(22)24-17(11)15)13-10-21-14-6-2-3-8-16(14)25-19(21)20-13/h2-10H,1H3. The van der Waals surface area contributed by atoms with Gasteiger partial charge >= 0.3 is 5.63 Å². The first kappa shape index (κ1) is 14.2. The van der Waals surface area contributed by atoms with Crippen LogP contribution in [-0.2, 0) is 0 Å². The predicted octanol–water partition coefficient (Wildman–Crippen LogP) is 4.33. The maximum absolute atomic E-state index is 12.5. The van der Waals surface area contributed by atoms with Crippen molar-refractivity contribution in [2.45, 2.75) is 0 Å². The smallest absolute Gasteiger partial charge is 0.345 e. The molecule has 2 aromatic carbocycles. The molecular formula is C19H12N2O3S. The molecule has 0 radical (unpaired) electrons. The summed E-state index contributed by atoms with van der Waals surface area (Å²) in [6, 6.07) is 15.4. The number of nitrogens with zero attached hydrogens (tertiary/aromatic N) is 2. The fraction of sp³-hybridized carbons (Fsp3) is 0.0526. The van der Waals surface area contributed by atoms with E-state index in [1.165, 1.54) is 0 Å². The third-order valence-corrected chi connectivity index (χ3v) is 5.26. The van der Waals surface area contributed by atoms with Crippen LogP contribution in [0.3, 0.4) is 0 Å². The molecule has 3 aromatic heterocycles. The van der Waals surface area contributed by atoms with Crippen LogP contribution in [0.2, 0.25) is 0 Å². The molecule has 6 heteroatoms. The Labute approximate surface area is 145 Å². The lowest BCUT2D eigenvalue weighted by atomic mass is 10.1. The minimum Gasteiger partial charge on any atom is -0.493 e. The van der Waals surface area contributed by atoms with Gasteiger partial charge in [0.05, 0.1) is 28.6 Å². The van der Waals surface area contributed by atoms with Crippen LogP contribution in [0, 0.1) is 0 Å². The Kier molecular flexibility index (Phi) is 2.96. The van der Waals surface area contributed by atoms with Gasteiger partial charge in [-0.05, 0) is 24.3 Å². The molecule has 0 N–H and O–H groups in total. The number of rotatable bonds is 2. The van der Waals surface area contributed by atoms with Gasteiger partial charge in [0.25, 0.3) is 0 Å². The lowest BCUT2D eigenvalue weighted by Gasteiger charge is -2.04. The molecule has 0 saturated heterocycles. The number of imidazole rings is 1. The van der Waals surface area contributed by atoms with Gasteiger partial charge < -0.3 is 9.15 Å². The molecular weight excluding hydrogens is 336 g/mol. The molecule has 3 heterocycles. The van der Waals surface area contributed by atoms with E-state index in [4.69, 9.17) is 9.15 Å². The van der Waals surface area contributed by atoms with Gasteiger partial charge in [0.15, 0.2) is 16.3 Å². The number of hydrogen-bond donors (Lipinski definition) is 0. The van der Waals surface area contributed by atoms with Gasteiger partial charge in [0, 0.05) is 11.6 Å². The van der Waals surface area contributed by atoms with E-state index in [-0.39, 0.29) is 0 Å². The van der Waals surface area contributed by atoms with Crippen molar-refractivity contribution >= 4 is 37.5 Å². The summed E-state index contributed by atoms with van der Waals surface area (Å²) >= 11 is 1.59. The lowest BCUT2D eigenvalue weighted by Crippen LogP contribution is -2.03. The average Bonchev–Trinajstić information content (AvgIpc) is 3.18. The summed E-state index contributed by atoms with van der Waals surface area (Å²) in [6.45, 7) is 0. The fourth-order valence-electron chi connectivity index (χ4n) is 3.04. The summed E-state index contributed by atoms with van der Waals surface area (Å²) in [5, 5.41) is 0.801. The first-order valence-electron chi connectivity index (χ1n) is 7.72. The molecule has 5 nitrogen and oxygen atoms in total. The van der Waals surface area contributed by atoms with Crippen molar-refractivity contribution in [3.8, 4) is 17.0 Å². The van der Waals surface area contributed by atoms with Crippen LogP contribution in [0.1, 0.15) is 0 Å². The molecule has 0 spiro atoms. The predicted molar refractivity (Wildman–Crippen MR) is 98.6 cm³/mol. The van der Waals surface area contributed by atoms with Crippen LogP contribution in [0.5, 0.6) is 5.75 Å². The summed E-state index contributed by atoms with van der Waals surface area (Å²) in [4.78, 5) is 18.0. The Morgan fingerprint density at radius 2 is 2.04 bits per heavy atom. The van der Waals surface area contributed by atoms with Crippen molar-refractivity contribution in [1.29, 1.82) is 0 Å². The van der Waals surface area contributed by atoms with E-state index < -0.39 is 5.63 Å². The quantitative estimate of drug-likeness (QED) is 0.446. The van der Waals surface area contributed by atoms with Crippen molar-refractivity contribution < 1.29 is 9.15 Å². The molecule has 5 rings (SSSR count). The molecule has 0 amide bonds. The van der Waals surface area contributed by atoms with E-state index >= 15 is 0 Å². The number of hydrogen-bond acceptors (Lipinski definition) is 5. The van der Waals surface area contributed by atoms with E-state index in [0.717, 1.165) is 20.6 Å². The first-order valence-corrected chi connectivity index (χ1v) is 8.54. The second-order valence-corrected chi connectivity index (χ2v) is 6.68. The Hall–Kier alpha value is -3.12. The SMILES string of the molecule is COc1cccc2cc(-c3cn4c(n3)sc3ccccc34)c(=O)oc12. The Bertz CT molecular complexity index is 1310. The third-order valence-electron chi connectivity index (χ3n) is 4.22. The van der Waals surface area contributed by atoms with Crippen molar-refractivity contribution in [3.05, 3.63) is 65.1 Å². The molecule has 0 saturated carbocycles. The molecule has 0 aliphatic heterocycles. The van der Waals surface area contributed by atoms with Crippen LogP contribution in [0.25, 0.3) is 37.4 Å². The number of ether oxygens (including phenoxy) is 1. The Morgan fingerprint density at radius 3 is 2.92 bits per heavy atom. The number of thiazole rings is 1. The summed E-state index contributed by atoms with van der Waals surface area (Å²) < 4.78 is 13.9. The van der Waals surface area contributed by atoms with Crippen LogP contribution in [-0.4, -0.2) is 16.5 Å². The largest absolute Gasteiger partial charge is 0.493 e. The number of aromatic nitrogens is 2. The number of benzene rings is 2. The summed E-state index contributed by atoms with van der Waals surface area (Å²) in [7, 11) is 1.55. The van der Waals surface area contributed by atoms with Crippen LogP contribution >= 0.6 is 11.3 Å². The molecule has 5 aromatic rings. The van der Waals surface area contributed by atoms with Crippen LogP contribution in [0.15, 0.2) is 63.9 Å². The number of methoxy groups -OCH3 is 1. The van der Waals surface area contributed by atoms with Crippen molar-refractivity contribution in [1.82, 2.24) is 9.38 Å². The van der Waals surface area contributed by atoms with Crippen molar-refractivity contribution in [3.63, 3.8) is 0 Å².